The first-order valence-corrected chi connectivity index (χ1v) is 5.58. The molecule has 5 nitrogen and oxygen atoms in total. The SMILES string of the molecule is CCOC(=O)C=NCc1ccc(OC)c(OC)c1. The van der Waals surface area contributed by atoms with Gasteiger partial charge in [0, 0.05) is 0 Å². The summed E-state index contributed by atoms with van der Waals surface area (Å²) in [7, 11) is 3.15. The highest BCUT2D eigenvalue weighted by molar-refractivity contribution is 6.23. The topological polar surface area (TPSA) is 57.1 Å². The highest BCUT2D eigenvalue weighted by atomic mass is 16.5. The molecule has 18 heavy (non-hydrogen) atoms. The minimum Gasteiger partial charge on any atom is -0.493 e. The van der Waals surface area contributed by atoms with Crippen molar-refractivity contribution in [3.05, 3.63) is 23.8 Å². The van der Waals surface area contributed by atoms with Crippen LogP contribution in [0.25, 0.3) is 0 Å². The van der Waals surface area contributed by atoms with Gasteiger partial charge in [0.1, 0.15) is 6.21 Å². The summed E-state index contributed by atoms with van der Waals surface area (Å²) in [6.45, 7) is 2.49. The Hall–Kier alpha value is -2.04. The molecule has 0 atom stereocenters. The number of nitrogens with zero attached hydrogens (tertiary/aromatic N) is 1. The zero-order valence-corrected chi connectivity index (χ0v) is 10.8. The first-order chi connectivity index (χ1) is 8.71. The second-order valence-electron chi connectivity index (χ2n) is 3.41. The lowest BCUT2D eigenvalue weighted by Crippen LogP contribution is -2.04. The molecule has 0 aliphatic rings. The monoisotopic (exact) mass is 251 g/mol. The van der Waals surface area contributed by atoms with Crippen LogP contribution < -0.4 is 9.47 Å². The molecule has 0 saturated heterocycles. The third-order valence-corrected chi connectivity index (χ3v) is 2.21. The van der Waals surface area contributed by atoms with Crippen LogP contribution in [0.5, 0.6) is 11.5 Å². The lowest BCUT2D eigenvalue weighted by Gasteiger charge is -2.08. The van der Waals surface area contributed by atoms with E-state index in [1.165, 1.54) is 6.21 Å². The maximum Gasteiger partial charge on any atom is 0.348 e. The number of methoxy groups -OCH3 is 2. The van der Waals surface area contributed by atoms with Crippen LogP contribution in [0, 0.1) is 0 Å². The summed E-state index contributed by atoms with van der Waals surface area (Å²) >= 11 is 0. The average molecular weight is 251 g/mol. The van der Waals surface area contributed by atoms with E-state index in [0.717, 1.165) is 5.56 Å². The van der Waals surface area contributed by atoms with Gasteiger partial charge in [-0.2, -0.15) is 0 Å². The fraction of sp³-hybridized carbons (Fsp3) is 0.385. The van der Waals surface area contributed by atoms with E-state index >= 15 is 0 Å². The van der Waals surface area contributed by atoms with E-state index in [4.69, 9.17) is 14.2 Å². The molecule has 0 aromatic heterocycles. The van der Waals surface area contributed by atoms with Crippen LogP contribution in [0.2, 0.25) is 0 Å². The first-order valence-electron chi connectivity index (χ1n) is 5.58. The highest BCUT2D eigenvalue weighted by Gasteiger charge is 2.03. The summed E-state index contributed by atoms with van der Waals surface area (Å²) in [6, 6.07) is 5.49. The van der Waals surface area contributed by atoms with Crippen LogP contribution in [0.15, 0.2) is 23.2 Å². The Morgan fingerprint density at radius 3 is 2.61 bits per heavy atom. The van der Waals surface area contributed by atoms with Gasteiger partial charge in [-0.1, -0.05) is 6.07 Å². The van der Waals surface area contributed by atoms with E-state index in [-0.39, 0.29) is 0 Å². The molecule has 0 unspecified atom stereocenters. The molecule has 0 aliphatic carbocycles. The van der Waals surface area contributed by atoms with Crippen LogP contribution in [0.3, 0.4) is 0 Å². The summed E-state index contributed by atoms with van der Waals surface area (Å²) in [5, 5.41) is 0. The zero-order chi connectivity index (χ0) is 13.4. The Morgan fingerprint density at radius 1 is 1.28 bits per heavy atom. The molecule has 1 aromatic carbocycles. The van der Waals surface area contributed by atoms with Gasteiger partial charge in [0.25, 0.3) is 0 Å². The van der Waals surface area contributed by atoms with E-state index in [0.29, 0.717) is 24.7 Å². The van der Waals surface area contributed by atoms with Crippen LogP contribution in [-0.4, -0.2) is 33.0 Å². The molecule has 0 fully saturated rings. The summed E-state index contributed by atoms with van der Waals surface area (Å²) in [4.78, 5) is 15.0. The molecule has 98 valence electrons. The van der Waals surface area contributed by atoms with Crippen LogP contribution >= 0.6 is 0 Å². The van der Waals surface area contributed by atoms with Crippen molar-refractivity contribution < 1.29 is 19.0 Å². The summed E-state index contributed by atoms with van der Waals surface area (Å²) < 4.78 is 15.0. The van der Waals surface area contributed by atoms with Gasteiger partial charge in [0.2, 0.25) is 0 Å². The van der Waals surface area contributed by atoms with Gasteiger partial charge < -0.3 is 14.2 Å². The summed E-state index contributed by atoms with van der Waals surface area (Å²) in [6.07, 6.45) is 1.18. The number of rotatable bonds is 6. The number of hydrogen-bond acceptors (Lipinski definition) is 5. The van der Waals surface area contributed by atoms with Crippen molar-refractivity contribution in [3.63, 3.8) is 0 Å². The van der Waals surface area contributed by atoms with Gasteiger partial charge in [0.05, 0.1) is 27.4 Å². The molecular formula is C13H17NO4. The number of hydrogen-bond donors (Lipinski definition) is 0. The molecule has 0 spiro atoms. The Kier molecular flexibility index (Phi) is 5.70. The van der Waals surface area contributed by atoms with Crippen LogP contribution in [0.1, 0.15) is 12.5 Å². The standard InChI is InChI=1S/C13H17NO4/c1-4-18-13(15)9-14-8-10-5-6-11(16-2)12(7-10)17-3/h5-7,9H,4,8H2,1-3H3. The number of carbonyl (C=O) groups is 1. The maximum absolute atomic E-state index is 11.0. The Bertz CT molecular complexity index is 429. The van der Waals surface area contributed by atoms with E-state index in [2.05, 4.69) is 4.99 Å². The fourth-order valence-corrected chi connectivity index (χ4v) is 1.38. The number of aliphatic imine (C=N–C) groups is 1. The van der Waals surface area contributed by atoms with E-state index in [9.17, 15) is 4.79 Å². The summed E-state index contributed by atoms with van der Waals surface area (Å²) in [5.74, 6) is 0.870. The molecule has 1 rings (SSSR count). The minimum atomic E-state index is -0.432. The second kappa shape index (κ2) is 7.32. The van der Waals surface area contributed by atoms with Crippen LogP contribution in [0.4, 0.5) is 0 Å². The molecule has 0 bridgehead atoms. The van der Waals surface area contributed by atoms with Crippen molar-refractivity contribution in [3.8, 4) is 11.5 Å². The van der Waals surface area contributed by atoms with Crippen molar-refractivity contribution in [2.24, 2.45) is 4.99 Å². The molecule has 5 heteroatoms. The molecule has 0 radical (unpaired) electrons. The molecule has 1 aromatic rings. The number of carbonyl (C=O) groups excluding carboxylic acids is 1. The smallest absolute Gasteiger partial charge is 0.348 e. The Balaban J connectivity index is 2.65. The second-order valence-corrected chi connectivity index (χ2v) is 3.41. The van der Waals surface area contributed by atoms with Crippen molar-refractivity contribution in [1.29, 1.82) is 0 Å². The third-order valence-electron chi connectivity index (χ3n) is 2.21. The van der Waals surface area contributed by atoms with Crippen molar-refractivity contribution in [1.82, 2.24) is 0 Å². The molecular weight excluding hydrogens is 234 g/mol. The molecule has 0 N–H and O–H groups in total. The quantitative estimate of drug-likeness (QED) is 0.572. The van der Waals surface area contributed by atoms with Gasteiger partial charge in [-0.15, -0.1) is 0 Å². The fourth-order valence-electron chi connectivity index (χ4n) is 1.38. The van der Waals surface area contributed by atoms with Gasteiger partial charge in [-0.05, 0) is 24.6 Å². The molecule has 0 amide bonds. The number of esters is 1. The first kappa shape index (κ1) is 14.0. The maximum atomic E-state index is 11.0. The predicted molar refractivity (Wildman–Crippen MR) is 68.4 cm³/mol. The average Bonchev–Trinajstić information content (AvgIpc) is 2.38. The number of benzene rings is 1. The minimum absolute atomic E-state index is 0.348. The Labute approximate surface area is 106 Å². The molecule has 0 aliphatic heterocycles. The van der Waals surface area contributed by atoms with E-state index in [1.54, 1.807) is 27.2 Å². The van der Waals surface area contributed by atoms with Crippen molar-refractivity contribution >= 4 is 12.2 Å². The number of ether oxygens (including phenoxy) is 3. The van der Waals surface area contributed by atoms with Crippen molar-refractivity contribution in [2.45, 2.75) is 13.5 Å². The lowest BCUT2D eigenvalue weighted by atomic mass is 10.2. The van der Waals surface area contributed by atoms with Gasteiger partial charge in [0.15, 0.2) is 11.5 Å². The van der Waals surface area contributed by atoms with E-state index < -0.39 is 5.97 Å². The Morgan fingerprint density at radius 2 is 2.00 bits per heavy atom. The summed E-state index contributed by atoms with van der Waals surface area (Å²) in [5.41, 5.74) is 0.924. The van der Waals surface area contributed by atoms with Gasteiger partial charge in [-0.3, -0.25) is 4.99 Å². The third kappa shape index (κ3) is 4.08. The van der Waals surface area contributed by atoms with Crippen LogP contribution in [-0.2, 0) is 16.1 Å². The normalized spacial score (nSPS) is 10.4. The molecule has 0 saturated carbocycles. The van der Waals surface area contributed by atoms with E-state index in [1.807, 2.05) is 12.1 Å². The highest BCUT2D eigenvalue weighted by Crippen LogP contribution is 2.27. The lowest BCUT2D eigenvalue weighted by molar-refractivity contribution is -0.134. The van der Waals surface area contributed by atoms with Crippen molar-refractivity contribution in [2.75, 3.05) is 20.8 Å². The zero-order valence-electron chi connectivity index (χ0n) is 10.8. The van der Waals surface area contributed by atoms with Gasteiger partial charge in [-0.25, -0.2) is 4.79 Å². The largest absolute Gasteiger partial charge is 0.493 e. The predicted octanol–water partition coefficient (Wildman–Crippen LogP) is 1.84. The molecule has 0 heterocycles. The van der Waals surface area contributed by atoms with Gasteiger partial charge >= 0.3 is 5.97 Å².